The minimum absolute atomic E-state index is 0.145. The van der Waals surface area contributed by atoms with Gasteiger partial charge in [0.1, 0.15) is 0 Å². The molecule has 2 aliphatic heterocycles. The maximum Gasteiger partial charge on any atom is 0.227 e. The third-order valence-corrected chi connectivity index (χ3v) is 5.44. The third kappa shape index (κ3) is 3.69. The molecule has 2 fully saturated rings. The van der Waals surface area contributed by atoms with Crippen molar-refractivity contribution in [3.05, 3.63) is 0 Å². The first-order valence-electron chi connectivity index (χ1n) is 7.12. The van der Waals surface area contributed by atoms with Crippen LogP contribution in [0.25, 0.3) is 0 Å². The van der Waals surface area contributed by atoms with Crippen LogP contribution >= 0.6 is 0 Å². The van der Waals surface area contributed by atoms with Crippen LogP contribution in [-0.2, 0) is 14.8 Å². The zero-order valence-electron chi connectivity index (χ0n) is 11.8. The number of piperidine rings is 2. The molecule has 0 spiro atoms. The number of nitrogens with zero attached hydrogens (tertiary/aromatic N) is 2. The van der Waals surface area contributed by atoms with Crippen molar-refractivity contribution in [2.24, 2.45) is 11.8 Å². The van der Waals surface area contributed by atoms with Gasteiger partial charge in [0.25, 0.3) is 0 Å². The highest BCUT2D eigenvalue weighted by Gasteiger charge is 2.33. The summed E-state index contributed by atoms with van der Waals surface area (Å²) in [5.41, 5.74) is 0. The smallest absolute Gasteiger partial charge is 0.227 e. The van der Waals surface area contributed by atoms with Gasteiger partial charge in [-0.1, -0.05) is 6.92 Å². The molecule has 6 heteroatoms. The van der Waals surface area contributed by atoms with E-state index < -0.39 is 10.0 Å². The molecule has 0 radical (unpaired) electrons. The highest BCUT2D eigenvalue weighted by atomic mass is 32.2. The molecule has 0 aromatic carbocycles. The Balaban J connectivity index is 1.99. The van der Waals surface area contributed by atoms with Crippen LogP contribution < -0.4 is 0 Å². The highest BCUT2D eigenvalue weighted by molar-refractivity contribution is 7.88. The molecule has 0 aromatic heterocycles. The van der Waals surface area contributed by atoms with Crippen LogP contribution in [0.15, 0.2) is 0 Å². The Morgan fingerprint density at radius 1 is 1.11 bits per heavy atom. The van der Waals surface area contributed by atoms with E-state index >= 15 is 0 Å². The third-order valence-electron chi connectivity index (χ3n) is 4.17. The highest BCUT2D eigenvalue weighted by Crippen LogP contribution is 2.23. The number of sulfonamides is 1. The van der Waals surface area contributed by atoms with Crippen molar-refractivity contribution in [1.82, 2.24) is 9.21 Å². The molecular weight excluding hydrogens is 264 g/mol. The van der Waals surface area contributed by atoms with Gasteiger partial charge in [-0.2, -0.15) is 0 Å². The first kappa shape index (κ1) is 14.8. The molecule has 0 aliphatic carbocycles. The van der Waals surface area contributed by atoms with E-state index in [1.54, 1.807) is 0 Å². The monoisotopic (exact) mass is 288 g/mol. The molecule has 2 heterocycles. The number of hydrogen-bond acceptors (Lipinski definition) is 3. The largest absolute Gasteiger partial charge is 0.342 e. The fraction of sp³-hybridized carbons (Fsp3) is 0.923. The van der Waals surface area contributed by atoms with E-state index in [4.69, 9.17) is 0 Å². The summed E-state index contributed by atoms with van der Waals surface area (Å²) in [7, 11) is -3.17. The minimum atomic E-state index is -3.17. The Morgan fingerprint density at radius 3 is 2.42 bits per heavy atom. The molecule has 1 amide bonds. The zero-order valence-corrected chi connectivity index (χ0v) is 12.7. The summed E-state index contributed by atoms with van der Waals surface area (Å²) in [6, 6.07) is 0. The number of hydrogen-bond donors (Lipinski definition) is 0. The van der Waals surface area contributed by atoms with E-state index in [1.165, 1.54) is 17.0 Å². The van der Waals surface area contributed by atoms with Crippen molar-refractivity contribution < 1.29 is 13.2 Å². The van der Waals surface area contributed by atoms with E-state index in [1.807, 2.05) is 4.90 Å². The Bertz CT molecular complexity index is 435. The summed E-state index contributed by atoms with van der Waals surface area (Å²) in [6.45, 7) is 4.75. The molecule has 0 N–H and O–H groups in total. The summed E-state index contributed by atoms with van der Waals surface area (Å²) >= 11 is 0. The van der Waals surface area contributed by atoms with E-state index in [9.17, 15) is 13.2 Å². The lowest BCUT2D eigenvalue weighted by atomic mass is 9.94. The zero-order chi connectivity index (χ0) is 14.0. The molecule has 5 nitrogen and oxygen atoms in total. The molecule has 2 saturated heterocycles. The van der Waals surface area contributed by atoms with Gasteiger partial charge < -0.3 is 4.90 Å². The first-order valence-corrected chi connectivity index (χ1v) is 8.96. The van der Waals surface area contributed by atoms with Gasteiger partial charge in [0.05, 0.1) is 12.2 Å². The van der Waals surface area contributed by atoms with E-state index in [0.717, 1.165) is 32.4 Å². The average molecular weight is 288 g/mol. The molecule has 2 aliphatic rings. The summed E-state index contributed by atoms with van der Waals surface area (Å²) in [5.74, 6) is 0.570. The number of carbonyl (C=O) groups is 1. The van der Waals surface area contributed by atoms with Gasteiger partial charge in [-0.3, -0.25) is 4.79 Å². The summed E-state index contributed by atoms with van der Waals surface area (Å²) in [5, 5.41) is 0. The number of likely N-dealkylation sites (tertiary alicyclic amines) is 1. The maximum absolute atomic E-state index is 12.5. The average Bonchev–Trinajstić information content (AvgIpc) is 2.37. The van der Waals surface area contributed by atoms with Gasteiger partial charge in [-0.05, 0) is 31.6 Å². The van der Waals surface area contributed by atoms with Crippen LogP contribution in [0.2, 0.25) is 0 Å². The Hall–Kier alpha value is -0.620. The van der Waals surface area contributed by atoms with Crippen LogP contribution in [0.3, 0.4) is 0 Å². The first-order chi connectivity index (χ1) is 8.88. The number of amides is 1. The predicted octanol–water partition coefficient (Wildman–Crippen LogP) is 0.917. The lowest BCUT2D eigenvalue weighted by Gasteiger charge is -2.36. The van der Waals surface area contributed by atoms with E-state index in [-0.39, 0.29) is 11.8 Å². The van der Waals surface area contributed by atoms with Gasteiger partial charge >= 0.3 is 0 Å². The topological polar surface area (TPSA) is 57.7 Å². The van der Waals surface area contributed by atoms with Crippen molar-refractivity contribution in [2.45, 2.75) is 32.6 Å². The van der Waals surface area contributed by atoms with Gasteiger partial charge in [0.15, 0.2) is 0 Å². The number of carbonyl (C=O) groups excluding carboxylic acids is 1. The SMILES string of the molecule is C[C@H]1CCCN(C(=O)[C@@H]2CCCN(S(C)(=O)=O)C2)C1. The molecule has 0 bridgehead atoms. The normalized spacial score (nSPS) is 30.3. The van der Waals surface area contributed by atoms with Crippen molar-refractivity contribution >= 4 is 15.9 Å². The maximum atomic E-state index is 12.5. The molecule has 19 heavy (non-hydrogen) atoms. The van der Waals surface area contributed by atoms with E-state index in [2.05, 4.69) is 6.92 Å². The molecule has 0 saturated carbocycles. The van der Waals surface area contributed by atoms with Crippen molar-refractivity contribution in [3.8, 4) is 0 Å². The fourth-order valence-electron chi connectivity index (χ4n) is 3.09. The second-order valence-electron chi connectivity index (χ2n) is 5.99. The lowest BCUT2D eigenvalue weighted by molar-refractivity contribution is -0.138. The van der Waals surface area contributed by atoms with Gasteiger partial charge in [-0.15, -0.1) is 0 Å². The lowest BCUT2D eigenvalue weighted by Crippen LogP contribution is -2.48. The summed E-state index contributed by atoms with van der Waals surface area (Å²) in [6.07, 6.45) is 5.07. The van der Waals surface area contributed by atoms with Crippen molar-refractivity contribution in [2.75, 3.05) is 32.4 Å². The van der Waals surface area contributed by atoms with Crippen molar-refractivity contribution in [1.29, 1.82) is 0 Å². The summed E-state index contributed by atoms with van der Waals surface area (Å²) in [4.78, 5) is 14.4. The Labute approximate surface area is 116 Å². The second-order valence-corrected chi connectivity index (χ2v) is 7.97. The van der Waals surface area contributed by atoms with Crippen molar-refractivity contribution in [3.63, 3.8) is 0 Å². The van der Waals surface area contributed by atoms with E-state index in [0.29, 0.717) is 19.0 Å². The quantitative estimate of drug-likeness (QED) is 0.759. The van der Waals surface area contributed by atoms with Crippen LogP contribution in [0, 0.1) is 11.8 Å². The van der Waals surface area contributed by atoms with Crippen LogP contribution in [0.5, 0.6) is 0 Å². The summed E-state index contributed by atoms with van der Waals surface area (Å²) < 4.78 is 24.6. The van der Waals surface area contributed by atoms with Crippen LogP contribution in [0.4, 0.5) is 0 Å². The standard InChI is InChI=1S/C13H24N2O3S/c1-11-5-3-7-14(9-11)13(16)12-6-4-8-15(10-12)19(2,17)18/h11-12H,3-10H2,1-2H3/t11-,12+/m0/s1. The molecule has 0 aromatic rings. The molecule has 2 rings (SSSR count). The van der Waals surface area contributed by atoms with Crippen LogP contribution in [0.1, 0.15) is 32.6 Å². The molecule has 110 valence electrons. The minimum Gasteiger partial charge on any atom is -0.342 e. The predicted molar refractivity (Wildman–Crippen MR) is 74.1 cm³/mol. The number of rotatable bonds is 2. The van der Waals surface area contributed by atoms with Gasteiger partial charge in [0, 0.05) is 26.2 Å². The molecule has 2 atom stereocenters. The molecule has 0 unspecified atom stereocenters. The fourth-order valence-corrected chi connectivity index (χ4v) is 4.00. The van der Waals surface area contributed by atoms with Gasteiger partial charge in [-0.25, -0.2) is 12.7 Å². The molecular formula is C13H24N2O3S. The van der Waals surface area contributed by atoms with Crippen LogP contribution in [-0.4, -0.2) is 56.0 Å². The Morgan fingerprint density at radius 2 is 1.79 bits per heavy atom. The Kier molecular flexibility index (Phi) is 4.50. The van der Waals surface area contributed by atoms with Gasteiger partial charge in [0.2, 0.25) is 15.9 Å². The second kappa shape index (κ2) is 5.79.